The van der Waals surface area contributed by atoms with E-state index in [0.717, 1.165) is 24.8 Å². The Morgan fingerprint density at radius 1 is 1.03 bits per heavy atom. The lowest BCUT2D eigenvalue weighted by Gasteiger charge is -2.29. The standard InChI is InChI=1S/C22H22F2N2O3/c1-13(27)26-11-15-10-25(12-17(15)20(26)14-6-4-3-5-7-14)22(28)16-8-9-18(23)21(29-2)19(16)24/h3-9,15,17,20H,10-12H2,1-2H3/t15-,17-,20+/m1/s1. The Bertz CT molecular complexity index is 951. The van der Waals surface area contributed by atoms with Crippen LogP contribution in [-0.2, 0) is 4.79 Å². The van der Waals surface area contributed by atoms with Gasteiger partial charge in [-0.1, -0.05) is 30.3 Å². The lowest BCUT2D eigenvalue weighted by molar-refractivity contribution is -0.130. The predicted molar refractivity (Wildman–Crippen MR) is 102 cm³/mol. The van der Waals surface area contributed by atoms with Crippen LogP contribution in [0, 0.1) is 23.5 Å². The Morgan fingerprint density at radius 2 is 1.76 bits per heavy atom. The van der Waals surface area contributed by atoms with Crippen LogP contribution in [0.15, 0.2) is 42.5 Å². The minimum Gasteiger partial charge on any atom is -0.491 e. The molecule has 2 amide bonds. The Kier molecular flexibility index (Phi) is 4.98. The number of nitrogens with zero attached hydrogens (tertiary/aromatic N) is 2. The molecule has 152 valence electrons. The zero-order valence-electron chi connectivity index (χ0n) is 16.3. The second-order valence-electron chi connectivity index (χ2n) is 7.60. The highest BCUT2D eigenvalue weighted by atomic mass is 19.1. The molecule has 0 saturated carbocycles. The van der Waals surface area contributed by atoms with Crippen LogP contribution in [-0.4, -0.2) is 48.4 Å². The highest BCUT2D eigenvalue weighted by molar-refractivity contribution is 5.95. The minimum atomic E-state index is -0.987. The van der Waals surface area contributed by atoms with Crippen molar-refractivity contribution < 1.29 is 23.1 Å². The molecule has 4 rings (SSSR count). The predicted octanol–water partition coefficient (Wildman–Crippen LogP) is 3.27. The van der Waals surface area contributed by atoms with Crippen molar-refractivity contribution >= 4 is 11.8 Å². The van der Waals surface area contributed by atoms with E-state index in [0.29, 0.717) is 19.6 Å². The van der Waals surface area contributed by atoms with Crippen molar-refractivity contribution in [2.24, 2.45) is 11.8 Å². The number of halogens is 2. The summed E-state index contributed by atoms with van der Waals surface area (Å²) >= 11 is 0. The fourth-order valence-corrected chi connectivity index (χ4v) is 4.67. The van der Waals surface area contributed by atoms with Gasteiger partial charge in [0.05, 0.1) is 18.7 Å². The first-order chi connectivity index (χ1) is 13.9. The second-order valence-corrected chi connectivity index (χ2v) is 7.60. The Hall–Kier alpha value is -2.96. The molecule has 0 aromatic heterocycles. The molecule has 29 heavy (non-hydrogen) atoms. The van der Waals surface area contributed by atoms with Crippen molar-refractivity contribution in [3.63, 3.8) is 0 Å². The number of hydrogen-bond donors (Lipinski definition) is 0. The largest absolute Gasteiger partial charge is 0.491 e. The second kappa shape index (κ2) is 7.46. The lowest BCUT2D eigenvalue weighted by atomic mass is 9.89. The van der Waals surface area contributed by atoms with Crippen molar-refractivity contribution in [1.29, 1.82) is 0 Å². The maximum Gasteiger partial charge on any atom is 0.256 e. The topological polar surface area (TPSA) is 49.9 Å². The maximum atomic E-state index is 14.6. The third-order valence-electron chi connectivity index (χ3n) is 5.98. The van der Waals surface area contributed by atoms with Gasteiger partial charge in [0.25, 0.3) is 5.91 Å². The van der Waals surface area contributed by atoms with Crippen molar-refractivity contribution in [1.82, 2.24) is 9.80 Å². The van der Waals surface area contributed by atoms with Gasteiger partial charge in [-0.15, -0.1) is 0 Å². The van der Waals surface area contributed by atoms with E-state index in [9.17, 15) is 18.4 Å². The minimum absolute atomic E-state index is 0.000412. The summed E-state index contributed by atoms with van der Waals surface area (Å²) in [5, 5.41) is 0. The molecular weight excluding hydrogens is 378 g/mol. The summed E-state index contributed by atoms with van der Waals surface area (Å²) in [6, 6.07) is 11.8. The molecule has 0 bridgehead atoms. The van der Waals surface area contributed by atoms with Gasteiger partial charge in [-0.3, -0.25) is 9.59 Å². The normalized spacial score (nSPS) is 23.2. The monoisotopic (exact) mass is 400 g/mol. The molecule has 2 aromatic rings. The van der Waals surface area contributed by atoms with Gasteiger partial charge in [-0.2, -0.15) is 0 Å². The SMILES string of the molecule is COc1c(F)ccc(C(=O)N2C[C@@H]3CN(C(C)=O)[C@@H](c4ccccc4)[C@@H]3C2)c1F. The zero-order valence-corrected chi connectivity index (χ0v) is 16.3. The van der Waals surface area contributed by atoms with Gasteiger partial charge < -0.3 is 14.5 Å². The maximum absolute atomic E-state index is 14.6. The van der Waals surface area contributed by atoms with E-state index in [-0.39, 0.29) is 29.3 Å². The summed E-state index contributed by atoms with van der Waals surface area (Å²) in [7, 11) is 1.16. The molecular formula is C22H22F2N2O3. The number of benzene rings is 2. The van der Waals surface area contributed by atoms with Gasteiger partial charge in [-0.25, -0.2) is 8.78 Å². The Labute approximate surface area is 167 Å². The van der Waals surface area contributed by atoms with Crippen LogP contribution in [0.25, 0.3) is 0 Å². The van der Waals surface area contributed by atoms with Gasteiger partial charge in [0.2, 0.25) is 5.91 Å². The zero-order chi connectivity index (χ0) is 20.7. The number of amides is 2. The van der Waals surface area contributed by atoms with Crippen LogP contribution in [0.5, 0.6) is 5.75 Å². The average molecular weight is 400 g/mol. The number of methoxy groups -OCH3 is 1. The molecule has 2 heterocycles. The molecule has 0 unspecified atom stereocenters. The van der Waals surface area contributed by atoms with Gasteiger partial charge in [0.15, 0.2) is 17.4 Å². The Morgan fingerprint density at radius 3 is 2.41 bits per heavy atom. The number of ether oxygens (including phenoxy) is 1. The molecule has 2 aromatic carbocycles. The van der Waals surface area contributed by atoms with E-state index in [1.54, 1.807) is 11.8 Å². The molecule has 2 fully saturated rings. The molecule has 2 aliphatic heterocycles. The summed E-state index contributed by atoms with van der Waals surface area (Å²) in [6.07, 6.45) is 0. The molecule has 0 spiro atoms. The number of fused-ring (bicyclic) bond motifs is 1. The summed E-state index contributed by atoms with van der Waals surface area (Å²) in [5.74, 6) is -2.70. The number of carbonyl (C=O) groups excluding carboxylic acids is 2. The number of hydrogen-bond acceptors (Lipinski definition) is 3. The molecule has 2 aliphatic rings. The molecule has 2 saturated heterocycles. The lowest BCUT2D eigenvalue weighted by Crippen LogP contribution is -2.36. The third-order valence-corrected chi connectivity index (χ3v) is 5.98. The number of rotatable bonds is 3. The van der Waals surface area contributed by atoms with Crippen LogP contribution in [0.1, 0.15) is 28.9 Å². The first-order valence-corrected chi connectivity index (χ1v) is 9.55. The van der Waals surface area contributed by atoms with E-state index in [1.165, 1.54) is 0 Å². The highest BCUT2D eigenvalue weighted by Gasteiger charge is 2.49. The molecule has 7 heteroatoms. The number of carbonyl (C=O) groups is 2. The molecule has 0 radical (unpaired) electrons. The quantitative estimate of drug-likeness (QED) is 0.795. The summed E-state index contributed by atoms with van der Waals surface area (Å²) in [4.78, 5) is 28.6. The van der Waals surface area contributed by atoms with E-state index >= 15 is 0 Å². The van der Waals surface area contributed by atoms with Gasteiger partial charge in [0.1, 0.15) is 0 Å². The highest BCUT2D eigenvalue weighted by Crippen LogP contribution is 2.45. The molecule has 5 nitrogen and oxygen atoms in total. The van der Waals surface area contributed by atoms with Gasteiger partial charge >= 0.3 is 0 Å². The number of likely N-dealkylation sites (tertiary alicyclic amines) is 2. The first kappa shape index (κ1) is 19.4. The van der Waals surface area contributed by atoms with Crippen LogP contribution < -0.4 is 4.74 Å². The summed E-state index contributed by atoms with van der Waals surface area (Å²) in [5.41, 5.74) is 0.821. The fraction of sp³-hybridized carbons (Fsp3) is 0.364. The third kappa shape index (κ3) is 3.24. The molecule has 0 N–H and O–H groups in total. The van der Waals surface area contributed by atoms with Crippen molar-refractivity contribution in [3.8, 4) is 5.75 Å². The van der Waals surface area contributed by atoms with Crippen LogP contribution >= 0.6 is 0 Å². The van der Waals surface area contributed by atoms with Crippen molar-refractivity contribution in [2.45, 2.75) is 13.0 Å². The first-order valence-electron chi connectivity index (χ1n) is 9.55. The van der Waals surface area contributed by atoms with Crippen LogP contribution in [0.2, 0.25) is 0 Å². The van der Waals surface area contributed by atoms with Crippen LogP contribution in [0.4, 0.5) is 8.78 Å². The Balaban J connectivity index is 1.61. The van der Waals surface area contributed by atoms with E-state index in [2.05, 4.69) is 0 Å². The molecule has 0 aliphatic carbocycles. The summed E-state index contributed by atoms with van der Waals surface area (Å²) in [6.45, 7) is 2.94. The molecule has 3 atom stereocenters. The smallest absolute Gasteiger partial charge is 0.256 e. The average Bonchev–Trinajstić information content (AvgIpc) is 3.26. The van der Waals surface area contributed by atoms with Gasteiger partial charge in [0, 0.05) is 38.4 Å². The van der Waals surface area contributed by atoms with E-state index in [1.807, 2.05) is 35.2 Å². The summed E-state index contributed by atoms with van der Waals surface area (Å²) < 4.78 is 33.0. The van der Waals surface area contributed by atoms with Crippen LogP contribution in [0.3, 0.4) is 0 Å². The van der Waals surface area contributed by atoms with Gasteiger partial charge in [-0.05, 0) is 17.7 Å². The van der Waals surface area contributed by atoms with Crippen molar-refractivity contribution in [2.75, 3.05) is 26.7 Å². The van der Waals surface area contributed by atoms with E-state index < -0.39 is 23.3 Å². The van der Waals surface area contributed by atoms with Crippen molar-refractivity contribution in [3.05, 3.63) is 65.2 Å². The fourth-order valence-electron chi connectivity index (χ4n) is 4.67. The van der Waals surface area contributed by atoms with E-state index in [4.69, 9.17) is 4.74 Å².